The normalized spacial score (nSPS) is 18.8. The van der Waals surface area contributed by atoms with E-state index in [0.29, 0.717) is 36.0 Å². The highest BCUT2D eigenvalue weighted by Crippen LogP contribution is 2.34. The summed E-state index contributed by atoms with van der Waals surface area (Å²) in [7, 11) is -1.15. The van der Waals surface area contributed by atoms with Gasteiger partial charge in [0, 0.05) is 50.9 Å². The molecule has 2 saturated heterocycles. The first-order valence-corrected chi connectivity index (χ1v) is 13.4. The summed E-state index contributed by atoms with van der Waals surface area (Å²) in [6, 6.07) is 9.92. The number of ether oxygens (including phenoxy) is 2. The Bertz CT molecular complexity index is 1160. The van der Waals surface area contributed by atoms with E-state index in [9.17, 15) is 13.2 Å². The number of carbonyl (C=O) groups excluding carboxylic acids is 1. The maximum absolute atomic E-state index is 13.5. The molecule has 2 N–H and O–H groups in total. The molecule has 4 rings (SSSR count). The lowest BCUT2D eigenvalue weighted by molar-refractivity contribution is 0.0683. The van der Waals surface area contributed by atoms with Crippen LogP contribution < -0.4 is 24.4 Å². The fourth-order valence-electron chi connectivity index (χ4n) is 4.68. The Balaban J connectivity index is 1.72. The molecule has 10 heteroatoms. The molecular weight excluding hydrogens is 468 g/mol. The van der Waals surface area contributed by atoms with Gasteiger partial charge in [-0.15, -0.1) is 0 Å². The summed E-state index contributed by atoms with van der Waals surface area (Å²) >= 11 is 0. The molecule has 0 saturated carbocycles. The molecule has 0 aliphatic carbocycles. The number of piperidine rings is 1. The lowest BCUT2D eigenvalue weighted by Crippen LogP contribution is -2.44. The molecule has 9 nitrogen and oxygen atoms in total. The van der Waals surface area contributed by atoms with Crippen molar-refractivity contribution in [3.8, 4) is 11.5 Å². The predicted octanol–water partition coefficient (Wildman–Crippen LogP) is 2.79. The quantitative estimate of drug-likeness (QED) is 0.601. The maximum Gasteiger partial charge on any atom is 0.265 e. The van der Waals surface area contributed by atoms with Crippen molar-refractivity contribution < 1.29 is 22.7 Å². The Labute approximate surface area is 207 Å². The minimum absolute atomic E-state index is 0.0350. The molecule has 1 unspecified atom stereocenters. The van der Waals surface area contributed by atoms with Crippen LogP contribution in [0.2, 0.25) is 0 Å². The predicted molar refractivity (Wildman–Crippen MR) is 136 cm³/mol. The van der Waals surface area contributed by atoms with E-state index in [0.717, 1.165) is 44.7 Å². The second kappa shape index (κ2) is 10.7. The van der Waals surface area contributed by atoms with Gasteiger partial charge < -0.3 is 24.6 Å². The number of carbonyl (C=O) groups is 1. The Hall–Kier alpha value is -2.98. The van der Waals surface area contributed by atoms with Gasteiger partial charge in [-0.25, -0.2) is 8.42 Å². The van der Waals surface area contributed by atoms with Gasteiger partial charge in [-0.2, -0.15) is 0 Å². The third kappa shape index (κ3) is 5.65. The number of piperazine rings is 1. The van der Waals surface area contributed by atoms with Gasteiger partial charge in [-0.05, 0) is 49.1 Å². The third-order valence-electron chi connectivity index (χ3n) is 6.55. The van der Waals surface area contributed by atoms with Crippen molar-refractivity contribution in [1.29, 1.82) is 0 Å². The maximum atomic E-state index is 13.5. The average molecular weight is 503 g/mol. The van der Waals surface area contributed by atoms with Crippen molar-refractivity contribution in [2.75, 3.05) is 63.1 Å². The van der Waals surface area contributed by atoms with Gasteiger partial charge in [0.25, 0.3) is 15.9 Å². The van der Waals surface area contributed by atoms with Crippen molar-refractivity contribution in [3.05, 3.63) is 42.0 Å². The van der Waals surface area contributed by atoms with E-state index in [1.54, 1.807) is 24.3 Å². The Morgan fingerprint density at radius 2 is 1.83 bits per heavy atom. The smallest absolute Gasteiger partial charge is 0.265 e. The average Bonchev–Trinajstić information content (AvgIpc) is 2.88. The van der Waals surface area contributed by atoms with Crippen molar-refractivity contribution in [2.45, 2.75) is 24.7 Å². The number of amides is 1. The first-order valence-electron chi connectivity index (χ1n) is 12.0. The summed E-state index contributed by atoms with van der Waals surface area (Å²) in [6.45, 7) is 6.62. The summed E-state index contributed by atoms with van der Waals surface area (Å²) in [6.07, 6.45) is 2.08. The fraction of sp³-hybridized carbons (Fsp3) is 0.480. The molecule has 2 heterocycles. The largest absolute Gasteiger partial charge is 0.497 e. The molecular formula is C25H34N4O5S. The van der Waals surface area contributed by atoms with Crippen LogP contribution in [0, 0.1) is 5.92 Å². The number of sulfonamides is 1. The van der Waals surface area contributed by atoms with E-state index in [2.05, 4.69) is 21.9 Å². The molecule has 0 spiro atoms. The lowest BCUT2D eigenvalue weighted by atomic mass is 9.99. The SMILES string of the molecule is COc1ccc(OC)c(S(=O)(=O)Nc2cc(C(=O)N3CCCC(C)C3)ccc2N2CCNCC2)c1. The van der Waals surface area contributed by atoms with Crippen LogP contribution in [0.1, 0.15) is 30.1 Å². The van der Waals surface area contributed by atoms with E-state index in [1.165, 1.54) is 20.3 Å². The van der Waals surface area contributed by atoms with Gasteiger partial charge >= 0.3 is 0 Å². The van der Waals surface area contributed by atoms with Gasteiger partial charge in [0.2, 0.25) is 0 Å². The van der Waals surface area contributed by atoms with Crippen LogP contribution in [0.15, 0.2) is 41.3 Å². The van der Waals surface area contributed by atoms with E-state index in [4.69, 9.17) is 9.47 Å². The van der Waals surface area contributed by atoms with Gasteiger partial charge in [0.1, 0.15) is 16.4 Å². The highest BCUT2D eigenvalue weighted by atomic mass is 32.2. The lowest BCUT2D eigenvalue weighted by Gasteiger charge is -2.33. The number of nitrogens with one attached hydrogen (secondary N) is 2. The molecule has 2 aliphatic heterocycles. The number of rotatable bonds is 7. The Morgan fingerprint density at radius 3 is 2.51 bits per heavy atom. The van der Waals surface area contributed by atoms with Crippen LogP contribution >= 0.6 is 0 Å². The number of benzene rings is 2. The number of likely N-dealkylation sites (tertiary alicyclic amines) is 1. The van der Waals surface area contributed by atoms with E-state index in [1.807, 2.05) is 11.0 Å². The molecule has 2 aromatic carbocycles. The van der Waals surface area contributed by atoms with Crippen molar-refractivity contribution in [1.82, 2.24) is 10.2 Å². The van der Waals surface area contributed by atoms with Gasteiger partial charge in [-0.1, -0.05) is 6.92 Å². The molecule has 1 atom stereocenters. The first kappa shape index (κ1) is 25.1. The Kier molecular flexibility index (Phi) is 7.71. The highest BCUT2D eigenvalue weighted by Gasteiger charge is 2.27. The molecule has 0 aromatic heterocycles. The first-order chi connectivity index (χ1) is 16.8. The van der Waals surface area contributed by atoms with Gasteiger partial charge in [0.15, 0.2) is 0 Å². The van der Waals surface area contributed by atoms with E-state index >= 15 is 0 Å². The molecule has 190 valence electrons. The molecule has 0 bridgehead atoms. The molecule has 0 radical (unpaired) electrons. The topological polar surface area (TPSA) is 100 Å². The summed E-state index contributed by atoms with van der Waals surface area (Å²) in [5, 5.41) is 3.31. The van der Waals surface area contributed by atoms with Crippen LogP contribution in [-0.4, -0.2) is 72.7 Å². The number of hydrogen-bond acceptors (Lipinski definition) is 7. The zero-order valence-electron chi connectivity index (χ0n) is 20.5. The van der Waals surface area contributed by atoms with Crippen LogP contribution in [-0.2, 0) is 10.0 Å². The monoisotopic (exact) mass is 502 g/mol. The standard InChI is InChI=1S/C25H34N4O5S/c1-18-5-4-12-29(17-18)25(30)19-6-8-22(28-13-10-26-11-14-28)21(15-19)27-35(31,32)24-16-20(33-2)7-9-23(24)34-3/h6-9,15-16,18,26-27H,4-5,10-14,17H2,1-3H3. The van der Waals surface area contributed by atoms with Crippen LogP contribution in [0.4, 0.5) is 11.4 Å². The molecule has 1 amide bonds. The van der Waals surface area contributed by atoms with E-state index < -0.39 is 10.0 Å². The van der Waals surface area contributed by atoms with Crippen LogP contribution in [0.25, 0.3) is 0 Å². The summed E-state index contributed by atoms with van der Waals surface area (Å²) in [4.78, 5) is 17.2. The second-order valence-electron chi connectivity index (χ2n) is 9.09. The van der Waals surface area contributed by atoms with Gasteiger partial charge in [-0.3, -0.25) is 9.52 Å². The van der Waals surface area contributed by atoms with Crippen molar-refractivity contribution in [3.63, 3.8) is 0 Å². The number of methoxy groups -OCH3 is 2. The number of hydrogen-bond donors (Lipinski definition) is 2. The summed E-state index contributed by atoms with van der Waals surface area (Å²) in [5.74, 6) is 0.974. The zero-order chi connectivity index (χ0) is 25.0. The molecule has 2 aromatic rings. The minimum Gasteiger partial charge on any atom is -0.497 e. The van der Waals surface area contributed by atoms with Gasteiger partial charge in [0.05, 0.1) is 25.6 Å². The molecule has 35 heavy (non-hydrogen) atoms. The molecule has 2 fully saturated rings. The summed E-state index contributed by atoms with van der Waals surface area (Å²) < 4.78 is 40.4. The molecule has 2 aliphatic rings. The Morgan fingerprint density at radius 1 is 1.06 bits per heavy atom. The van der Waals surface area contributed by atoms with E-state index in [-0.39, 0.29) is 16.6 Å². The number of nitrogens with zero attached hydrogens (tertiary/aromatic N) is 2. The minimum atomic E-state index is -4.05. The second-order valence-corrected chi connectivity index (χ2v) is 10.7. The number of anilines is 2. The van der Waals surface area contributed by atoms with Crippen molar-refractivity contribution in [2.24, 2.45) is 5.92 Å². The summed E-state index contributed by atoms with van der Waals surface area (Å²) in [5.41, 5.74) is 1.57. The fourth-order valence-corrected chi connectivity index (χ4v) is 5.93. The zero-order valence-corrected chi connectivity index (χ0v) is 21.4. The van der Waals surface area contributed by atoms with Crippen LogP contribution in [0.3, 0.4) is 0 Å². The highest BCUT2D eigenvalue weighted by molar-refractivity contribution is 7.92. The van der Waals surface area contributed by atoms with Crippen molar-refractivity contribution >= 4 is 27.3 Å². The third-order valence-corrected chi connectivity index (χ3v) is 7.94. The van der Waals surface area contributed by atoms with Crippen LogP contribution in [0.5, 0.6) is 11.5 Å².